The predicted octanol–water partition coefficient (Wildman–Crippen LogP) is 2.66. The van der Waals surface area contributed by atoms with E-state index >= 15 is 0 Å². The first-order valence-electron chi connectivity index (χ1n) is 6.81. The van der Waals surface area contributed by atoms with Gasteiger partial charge >= 0.3 is 0 Å². The highest BCUT2D eigenvalue weighted by molar-refractivity contribution is 5.85. The summed E-state index contributed by atoms with van der Waals surface area (Å²) in [5, 5.41) is 0. The van der Waals surface area contributed by atoms with Crippen LogP contribution in [0.5, 0.6) is 0 Å². The first-order chi connectivity index (χ1) is 7.38. The van der Waals surface area contributed by atoms with Crippen molar-refractivity contribution in [2.75, 3.05) is 26.2 Å². The summed E-state index contributed by atoms with van der Waals surface area (Å²) in [5.41, 5.74) is 5.73. The lowest BCUT2D eigenvalue weighted by Gasteiger charge is -2.22. The second-order valence-corrected chi connectivity index (χ2v) is 5.51. The molecule has 0 aromatic carbocycles. The van der Waals surface area contributed by atoms with Gasteiger partial charge in [-0.15, -0.1) is 12.4 Å². The highest BCUT2D eigenvalue weighted by atomic mass is 35.5. The number of hydrogen-bond acceptors (Lipinski definition) is 2. The maximum absolute atomic E-state index is 5.73. The van der Waals surface area contributed by atoms with E-state index in [0.717, 1.165) is 18.4 Å². The zero-order chi connectivity index (χ0) is 10.5. The second-order valence-electron chi connectivity index (χ2n) is 5.51. The minimum absolute atomic E-state index is 0. The number of halogens is 1. The smallest absolute Gasteiger partial charge is 0.00223 e. The third-order valence-corrected chi connectivity index (χ3v) is 4.19. The van der Waals surface area contributed by atoms with Gasteiger partial charge in [-0.2, -0.15) is 0 Å². The molecule has 2 aliphatic rings. The first-order valence-corrected chi connectivity index (χ1v) is 6.81. The highest BCUT2D eigenvalue weighted by Gasteiger charge is 2.23. The maximum Gasteiger partial charge on any atom is 0.00223 e. The molecule has 1 saturated heterocycles. The summed E-state index contributed by atoms with van der Waals surface area (Å²) in [7, 11) is 0. The van der Waals surface area contributed by atoms with Crippen molar-refractivity contribution < 1.29 is 0 Å². The molecule has 16 heavy (non-hydrogen) atoms. The van der Waals surface area contributed by atoms with Crippen molar-refractivity contribution in [3.05, 3.63) is 0 Å². The molecule has 0 bridgehead atoms. The van der Waals surface area contributed by atoms with Gasteiger partial charge in [-0.3, -0.25) is 0 Å². The van der Waals surface area contributed by atoms with Gasteiger partial charge < -0.3 is 10.6 Å². The lowest BCUT2D eigenvalue weighted by Crippen LogP contribution is -2.28. The molecule has 0 aromatic heterocycles. The molecule has 1 aliphatic heterocycles. The van der Waals surface area contributed by atoms with Crippen molar-refractivity contribution in [2.24, 2.45) is 17.6 Å². The van der Waals surface area contributed by atoms with Gasteiger partial charge in [0.25, 0.3) is 0 Å². The lowest BCUT2D eigenvalue weighted by atomic mass is 10.00. The Morgan fingerprint density at radius 2 is 1.62 bits per heavy atom. The van der Waals surface area contributed by atoms with E-state index in [0.29, 0.717) is 0 Å². The van der Waals surface area contributed by atoms with Crippen LogP contribution in [0.3, 0.4) is 0 Å². The average molecular weight is 247 g/mol. The van der Waals surface area contributed by atoms with E-state index in [-0.39, 0.29) is 12.4 Å². The third-order valence-electron chi connectivity index (χ3n) is 4.19. The molecule has 0 aromatic rings. The Labute approximate surface area is 106 Å². The van der Waals surface area contributed by atoms with Crippen molar-refractivity contribution in [3.8, 4) is 0 Å². The van der Waals surface area contributed by atoms with Crippen LogP contribution in [-0.4, -0.2) is 31.1 Å². The molecule has 2 nitrogen and oxygen atoms in total. The van der Waals surface area contributed by atoms with Crippen molar-refractivity contribution >= 4 is 12.4 Å². The van der Waals surface area contributed by atoms with Gasteiger partial charge in [-0.1, -0.05) is 25.7 Å². The topological polar surface area (TPSA) is 29.3 Å². The zero-order valence-electron chi connectivity index (χ0n) is 10.4. The fraction of sp³-hybridized carbons (Fsp3) is 1.00. The minimum Gasteiger partial charge on any atom is -0.330 e. The number of nitrogens with zero attached hydrogens (tertiary/aromatic N) is 1. The molecule has 0 spiro atoms. The predicted molar refractivity (Wildman–Crippen MR) is 72.0 cm³/mol. The summed E-state index contributed by atoms with van der Waals surface area (Å²) in [5.74, 6) is 1.78. The van der Waals surface area contributed by atoms with Crippen LogP contribution in [0.1, 0.15) is 44.9 Å². The standard InChI is InChI=1S/C13H26N2.ClH/c14-9-13-7-8-15(11-13)10-12-5-3-1-2-4-6-12;/h12-13H,1-11,14H2;1H. The fourth-order valence-corrected chi connectivity index (χ4v) is 3.18. The summed E-state index contributed by atoms with van der Waals surface area (Å²) >= 11 is 0. The Morgan fingerprint density at radius 3 is 2.19 bits per heavy atom. The number of likely N-dealkylation sites (tertiary alicyclic amines) is 1. The van der Waals surface area contributed by atoms with Crippen LogP contribution in [-0.2, 0) is 0 Å². The van der Waals surface area contributed by atoms with Gasteiger partial charge in [-0.05, 0) is 44.2 Å². The van der Waals surface area contributed by atoms with E-state index in [2.05, 4.69) is 4.90 Å². The summed E-state index contributed by atoms with van der Waals surface area (Å²) in [6, 6.07) is 0. The molecule has 2 rings (SSSR count). The highest BCUT2D eigenvalue weighted by Crippen LogP contribution is 2.25. The van der Waals surface area contributed by atoms with Crippen molar-refractivity contribution in [2.45, 2.75) is 44.9 Å². The zero-order valence-corrected chi connectivity index (χ0v) is 11.2. The Bertz CT molecular complexity index is 179. The molecule has 2 fully saturated rings. The van der Waals surface area contributed by atoms with Gasteiger partial charge in [0.05, 0.1) is 0 Å². The van der Waals surface area contributed by atoms with E-state index in [9.17, 15) is 0 Å². The molecule has 3 heteroatoms. The van der Waals surface area contributed by atoms with Gasteiger partial charge in [0.2, 0.25) is 0 Å². The third kappa shape index (κ3) is 4.23. The lowest BCUT2D eigenvalue weighted by molar-refractivity contribution is 0.254. The normalized spacial score (nSPS) is 28.7. The van der Waals surface area contributed by atoms with E-state index in [4.69, 9.17) is 5.73 Å². The molecule has 1 unspecified atom stereocenters. The molecule has 96 valence electrons. The molecular formula is C13H27ClN2. The molecule has 0 radical (unpaired) electrons. The molecule has 1 heterocycles. The molecular weight excluding hydrogens is 220 g/mol. The number of hydrogen-bond donors (Lipinski definition) is 1. The van der Waals surface area contributed by atoms with Gasteiger partial charge in [0.1, 0.15) is 0 Å². The Morgan fingerprint density at radius 1 is 0.938 bits per heavy atom. The molecule has 1 atom stereocenters. The first kappa shape index (κ1) is 14.3. The summed E-state index contributed by atoms with van der Waals surface area (Å²) < 4.78 is 0. The average Bonchev–Trinajstić information content (AvgIpc) is 2.54. The SMILES string of the molecule is Cl.NCC1CCN(CC2CCCCCC2)C1. The summed E-state index contributed by atoms with van der Waals surface area (Å²) in [6.07, 6.45) is 10.2. The maximum atomic E-state index is 5.73. The second kappa shape index (κ2) is 7.52. The van der Waals surface area contributed by atoms with Crippen molar-refractivity contribution in [3.63, 3.8) is 0 Å². The van der Waals surface area contributed by atoms with Crippen LogP contribution in [0.15, 0.2) is 0 Å². The Kier molecular flexibility index (Phi) is 6.71. The van der Waals surface area contributed by atoms with Gasteiger partial charge in [0, 0.05) is 13.1 Å². The fourth-order valence-electron chi connectivity index (χ4n) is 3.18. The largest absolute Gasteiger partial charge is 0.330 e. The quantitative estimate of drug-likeness (QED) is 0.776. The molecule has 0 amide bonds. The van der Waals surface area contributed by atoms with Crippen LogP contribution >= 0.6 is 12.4 Å². The minimum atomic E-state index is 0. The molecule has 1 aliphatic carbocycles. The van der Waals surface area contributed by atoms with Crippen LogP contribution in [0.4, 0.5) is 0 Å². The molecule has 2 N–H and O–H groups in total. The van der Waals surface area contributed by atoms with Gasteiger partial charge in [-0.25, -0.2) is 0 Å². The van der Waals surface area contributed by atoms with E-state index < -0.39 is 0 Å². The van der Waals surface area contributed by atoms with Crippen LogP contribution in [0.2, 0.25) is 0 Å². The van der Waals surface area contributed by atoms with Crippen LogP contribution in [0.25, 0.3) is 0 Å². The van der Waals surface area contributed by atoms with Crippen LogP contribution < -0.4 is 5.73 Å². The van der Waals surface area contributed by atoms with Gasteiger partial charge in [0.15, 0.2) is 0 Å². The number of nitrogens with two attached hydrogens (primary N) is 1. The Hall–Kier alpha value is 0.210. The summed E-state index contributed by atoms with van der Waals surface area (Å²) in [4.78, 5) is 2.66. The number of rotatable bonds is 3. The van der Waals surface area contributed by atoms with Crippen molar-refractivity contribution in [1.29, 1.82) is 0 Å². The molecule has 1 saturated carbocycles. The van der Waals surface area contributed by atoms with E-state index in [1.165, 1.54) is 64.6 Å². The van der Waals surface area contributed by atoms with E-state index in [1.54, 1.807) is 0 Å². The Balaban J connectivity index is 0.00000128. The monoisotopic (exact) mass is 246 g/mol. The summed E-state index contributed by atoms with van der Waals surface area (Å²) in [6.45, 7) is 4.82. The van der Waals surface area contributed by atoms with Crippen LogP contribution in [0, 0.1) is 11.8 Å². The van der Waals surface area contributed by atoms with Crippen molar-refractivity contribution in [1.82, 2.24) is 4.90 Å². The van der Waals surface area contributed by atoms with E-state index in [1.807, 2.05) is 0 Å².